The predicted octanol–water partition coefficient (Wildman–Crippen LogP) is 3.99. The SMILES string of the molecule is COCCCNc1nc2c(C)cccn2c(=O)c1/C=C1/SC(=S)N(Cc2ccc(F)cc2)C1=O. The molecule has 7 nitrogen and oxygen atoms in total. The molecule has 0 radical (unpaired) electrons. The van der Waals surface area contributed by atoms with Gasteiger partial charge < -0.3 is 10.1 Å². The number of carbonyl (C=O) groups excluding carboxylic acids is 1. The Hall–Kier alpha value is -3.08. The van der Waals surface area contributed by atoms with E-state index in [-0.39, 0.29) is 29.4 Å². The number of halogens is 1. The Morgan fingerprint density at radius 3 is 2.74 bits per heavy atom. The number of aryl methyl sites for hydroxylation is 1. The van der Waals surface area contributed by atoms with Crippen molar-refractivity contribution >= 4 is 51.7 Å². The normalized spacial score (nSPS) is 15.0. The van der Waals surface area contributed by atoms with Crippen LogP contribution in [0.15, 0.2) is 52.3 Å². The molecule has 34 heavy (non-hydrogen) atoms. The topological polar surface area (TPSA) is 75.9 Å². The second kappa shape index (κ2) is 10.5. The third kappa shape index (κ3) is 5.03. The van der Waals surface area contributed by atoms with Crippen LogP contribution in [0.3, 0.4) is 0 Å². The summed E-state index contributed by atoms with van der Waals surface area (Å²) >= 11 is 6.55. The van der Waals surface area contributed by atoms with E-state index >= 15 is 0 Å². The molecule has 176 valence electrons. The van der Waals surface area contributed by atoms with Gasteiger partial charge >= 0.3 is 0 Å². The first-order chi connectivity index (χ1) is 16.4. The standard InChI is InChI=1S/C24H23FN4O3S2/c1-15-5-3-11-28-21(15)27-20(26-10-4-12-32-2)18(22(28)30)13-19-23(31)29(24(33)34-19)14-16-6-8-17(25)9-7-16/h3,5-9,11,13,26H,4,10,12,14H2,1-2H3/b19-13+. The van der Waals surface area contributed by atoms with Crippen LogP contribution < -0.4 is 10.9 Å². The maximum absolute atomic E-state index is 13.4. The van der Waals surface area contributed by atoms with Crippen LogP contribution in [0.1, 0.15) is 23.1 Å². The summed E-state index contributed by atoms with van der Waals surface area (Å²) in [5.74, 6) is -0.253. The molecule has 3 heterocycles. The highest BCUT2D eigenvalue weighted by molar-refractivity contribution is 8.26. The highest BCUT2D eigenvalue weighted by atomic mass is 32.2. The maximum atomic E-state index is 13.4. The van der Waals surface area contributed by atoms with Gasteiger partial charge in [-0.15, -0.1) is 0 Å². The minimum Gasteiger partial charge on any atom is -0.385 e. The monoisotopic (exact) mass is 498 g/mol. The van der Waals surface area contributed by atoms with Gasteiger partial charge in [0.25, 0.3) is 11.5 Å². The molecular formula is C24H23FN4O3S2. The van der Waals surface area contributed by atoms with Crippen LogP contribution in [0.2, 0.25) is 0 Å². The van der Waals surface area contributed by atoms with Crippen LogP contribution in [0, 0.1) is 12.7 Å². The van der Waals surface area contributed by atoms with Crippen molar-refractivity contribution in [3.63, 3.8) is 0 Å². The second-order valence-electron chi connectivity index (χ2n) is 7.73. The molecule has 2 aromatic heterocycles. The molecule has 1 saturated heterocycles. The van der Waals surface area contributed by atoms with Gasteiger partial charge in [0.2, 0.25) is 0 Å². The molecule has 4 rings (SSSR count). The molecule has 0 unspecified atom stereocenters. The van der Waals surface area contributed by atoms with Crippen LogP contribution in [-0.4, -0.2) is 44.8 Å². The van der Waals surface area contributed by atoms with E-state index in [9.17, 15) is 14.0 Å². The summed E-state index contributed by atoms with van der Waals surface area (Å²) in [5.41, 5.74) is 2.15. The van der Waals surface area contributed by atoms with Gasteiger partial charge in [0, 0.05) is 26.5 Å². The van der Waals surface area contributed by atoms with E-state index in [1.807, 2.05) is 13.0 Å². The van der Waals surface area contributed by atoms with Gasteiger partial charge in [-0.25, -0.2) is 9.37 Å². The number of hydrogen-bond donors (Lipinski definition) is 1. The highest BCUT2D eigenvalue weighted by Gasteiger charge is 2.32. The molecule has 1 amide bonds. The van der Waals surface area contributed by atoms with Crippen molar-refractivity contribution in [2.45, 2.75) is 19.9 Å². The average molecular weight is 499 g/mol. The Balaban J connectivity index is 1.70. The fourth-order valence-corrected chi connectivity index (χ4v) is 4.78. The average Bonchev–Trinajstić information content (AvgIpc) is 3.08. The van der Waals surface area contributed by atoms with Gasteiger partial charge in [-0.3, -0.25) is 18.9 Å². The van der Waals surface area contributed by atoms with E-state index in [1.54, 1.807) is 37.6 Å². The Morgan fingerprint density at radius 1 is 1.24 bits per heavy atom. The number of rotatable bonds is 8. The Morgan fingerprint density at radius 2 is 2.00 bits per heavy atom. The Kier molecular flexibility index (Phi) is 7.40. The number of carbonyl (C=O) groups is 1. The summed E-state index contributed by atoms with van der Waals surface area (Å²) in [7, 11) is 1.63. The van der Waals surface area contributed by atoms with Crippen LogP contribution in [0.25, 0.3) is 11.7 Å². The van der Waals surface area contributed by atoms with Crippen molar-refractivity contribution in [2.75, 3.05) is 25.6 Å². The van der Waals surface area contributed by atoms with Gasteiger partial charge in [-0.05, 0) is 48.7 Å². The summed E-state index contributed by atoms with van der Waals surface area (Å²) in [4.78, 5) is 33.0. The number of methoxy groups -OCH3 is 1. The number of thiocarbonyl (C=S) groups is 1. The first kappa shape index (κ1) is 24.1. The lowest BCUT2D eigenvalue weighted by Gasteiger charge is -2.14. The van der Waals surface area contributed by atoms with Crippen molar-refractivity contribution in [1.82, 2.24) is 14.3 Å². The number of ether oxygens (including phenoxy) is 1. The minimum atomic E-state index is -0.348. The number of pyridine rings is 1. The first-order valence-corrected chi connectivity index (χ1v) is 11.9. The van der Waals surface area contributed by atoms with Crippen molar-refractivity contribution in [1.29, 1.82) is 0 Å². The zero-order valence-electron chi connectivity index (χ0n) is 18.7. The Bertz CT molecular complexity index is 1340. The molecule has 3 aromatic rings. The Labute approximate surface area is 205 Å². The molecule has 0 spiro atoms. The number of benzene rings is 1. The molecule has 0 bridgehead atoms. The smallest absolute Gasteiger partial charge is 0.267 e. The highest BCUT2D eigenvalue weighted by Crippen LogP contribution is 2.34. The van der Waals surface area contributed by atoms with Gasteiger partial charge in [0.1, 0.15) is 21.6 Å². The van der Waals surface area contributed by atoms with Crippen LogP contribution in [0.4, 0.5) is 10.2 Å². The molecule has 0 aliphatic carbocycles. The number of nitrogens with zero attached hydrogens (tertiary/aromatic N) is 3. The maximum Gasteiger partial charge on any atom is 0.267 e. The van der Waals surface area contributed by atoms with Crippen molar-refractivity contribution < 1.29 is 13.9 Å². The molecule has 1 fully saturated rings. The summed E-state index contributed by atoms with van der Waals surface area (Å²) < 4.78 is 20.2. The van der Waals surface area contributed by atoms with Gasteiger partial charge in [0.15, 0.2) is 0 Å². The summed E-state index contributed by atoms with van der Waals surface area (Å²) in [6.07, 6.45) is 3.93. The lowest BCUT2D eigenvalue weighted by molar-refractivity contribution is -0.122. The largest absolute Gasteiger partial charge is 0.385 e. The quantitative estimate of drug-likeness (QED) is 0.286. The third-order valence-corrected chi connectivity index (χ3v) is 6.68. The summed E-state index contributed by atoms with van der Waals surface area (Å²) in [6.45, 7) is 3.22. The van der Waals surface area contributed by atoms with Crippen LogP contribution in [-0.2, 0) is 16.1 Å². The van der Waals surface area contributed by atoms with Crippen molar-refractivity contribution in [3.8, 4) is 0 Å². The lowest BCUT2D eigenvalue weighted by Crippen LogP contribution is -2.27. The predicted molar refractivity (Wildman–Crippen MR) is 136 cm³/mol. The first-order valence-electron chi connectivity index (χ1n) is 10.6. The van der Waals surface area contributed by atoms with E-state index < -0.39 is 0 Å². The number of anilines is 1. The molecule has 10 heteroatoms. The van der Waals surface area contributed by atoms with E-state index in [4.69, 9.17) is 17.0 Å². The zero-order valence-corrected chi connectivity index (χ0v) is 20.3. The fourth-order valence-electron chi connectivity index (χ4n) is 3.54. The van der Waals surface area contributed by atoms with Gasteiger partial charge in [0.05, 0.1) is 17.0 Å². The number of thioether (sulfide) groups is 1. The lowest BCUT2D eigenvalue weighted by atomic mass is 10.2. The summed E-state index contributed by atoms with van der Waals surface area (Å²) in [6, 6.07) is 9.57. The minimum absolute atomic E-state index is 0.221. The third-order valence-electron chi connectivity index (χ3n) is 5.30. The number of nitrogens with one attached hydrogen (secondary N) is 1. The van der Waals surface area contributed by atoms with E-state index in [0.29, 0.717) is 33.8 Å². The van der Waals surface area contributed by atoms with Crippen molar-refractivity contribution in [2.24, 2.45) is 0 Å². The van der Waals surface area contributed by atoms with Gasteiger partial charge in [-0.2, -0.15) is 0 Å². The van der Waals surface area contributed by atoms with Crippen molar-refractivity contribution in [3.05, 3.63) is 80.4 Å². The van der Waals surface area contributed by atoms with Crippen LogP contribution in [0.5, 0.6) is 0 Å². The molecule has 1 N–H and O–H groups in total. The molecule has 1 aromatic carbocycles. The molecule has 1 aliphatic rings. The zero-order chi connectivity index (χ0) is 24.2. The molecule has 1 aliphatic heterocycles. The number of hydrogen-bond acceptors (Lipinski definition) is 7. The molecule has 0 atom stereocenters. The fraction of sp³-hybridized carbons (Fsp3) is 0.250. The summed E-state index contributed by atoms with van der Waals surface area (Å²) in [5, 5.41) is 3.21. The molecule has 0 saturated carbocycles. The van der Waals surface area contributed by atoms with E-state index in [2.05, 4.69) is 10.3 Å². The molecular weight excluding hydrogens is 475 g/mol. The number of aromatic nitrogens is 2. The van der Waals surface area contributed by atoms with Gasteiger partial charge in [-0.1, -0.05) is 42.2 Å². The second-order valence-corrected chi connectivity index (χ2v) is 9.41. The number of fused-ring (bicyclic) bond motifs is 1. The van der Waals surface area contributed by atoms with Crippen LogP contribution >= 0.6 is 24.0 Å². The van der Waals surface area contributed by atoms with E-state index in [1.165, 1.54) is 21.4 Å². The number of amides is 1. The van der Waals surface area contributed by atoms with E-state index in [0.717, 1.165) is 29.3 Å².